The fraction of sp³-hybridized carbons (Fsp3) is 0.316. The predicted molar refractivity (Wildman–Crippen MR) is 101 cm³/mol. The van der Waals surface area contributed by atoms with Crippen molar-refractivity contribution in [1.82, 2.24) is 9.80 Å². The zero-order valence-electron chi connectivity index (χ0n) is 14.9. The summed E-state index contributed by atoms with van der Waals surface area (Å²) in [5.41, 5.74) is 0.456. The molecule has 3 rings (SSSR count). The first-order valence-corrected chi connectivity index (χ1v) is 9.48. The first-order valence-electron chi connectivity index (χ1n) is 8.60. The Kier molecular flexibility index (Phi) is 5.85. The molecule has 0 aliphatic carbocycles. The molecular weight excluding hydrogens is 369 g/mol. The number of anilines is 1. The van der Waals surface area contributed by atoms with E-state index in [0.29, 0.717) is 23.5 Å². The lowest BCUT2D eigenvalue weighted by Gasteiger charge is -2.27. The molecule has 27 heavy (non-hydrogen) atoms. The quantitative estimate of drug-likeness (QED) is 0.855. The number of thiophene rings is 1. The zero-order chi connectivity index (χ0) is 19.4. The average molecular weight is 389 g/mol. The molecule has 1 atom stereocenters. The number of nitrogens with one attached hydrogen (secondary N) is 1. The van der Waals surface area contributed by atoms with E-state index in [-0.39, 0.29) is 24.3 Å². The zero-order valence-corrected chi connectivity index (χ0v) is 15.7. The monoisotopic (exact) mass is 389 g/mol. The van der Waals surface area contributed by atoms with Gasteiger partial charge < -0.3 is 15.1 Å². The van der Waals surface area contributed by atoms with E-state index >= 15 is 0 Å². The molecule has 1 aliphatic rings. The van der Waals surface area contributed by atoms with Crippen molar-refractivity contribution in [1.29, 1.82) is 0 Å². The number of likely N-dealkylation sites (tertiary alicyclic amines) is 1. The van der Waals surface area contributed by atoms with Crippen molar-refractivity contribution in [3.8, 4) is 0 Å². The van der Waals surface area contributed by atoms with Gasteiger partial charge in [-0.2, -0.15) is 0 Å². The second-order valence-electron chi connectivity index (χ2n) is 6.38. The van der Waals surface area contributed by atoms with E-state index in [2.05, 4.69) is 5.32 Å². The van der Waals surface area contributed by atoms with Crippen LogP contribution in [0.5, 0.6) is 0 Å². The fourth-order valence-corrected chi connectivity index (χ4v) is 3.77. The number of benzene rings is 1. The molecule has 0 unspecified atom stereocenters. The van der Waals surface area contributed by atoms with Gasteiger partial charge in [0.05, 0.1) is 11.4 Å². The molecular formula is C19H20FN3O3S. The lowest BCUT2D eigenvalue weighted by atomic mass is 10.2. The number of hydrogen-bond donors (Lipinski definition) is 1. The minimum absolute atomic E-state index is 0.145. The Morgan fingerprint density at radius 1 is 1.26 bits per heavy atom. The Labute approximate surface area is 160 Å². The molecule has 1 aromatic heterocycles. The van der Waals surface area contributed by atoms with Gasteiger partial charge in [0.2, 0.25) is 11.8 Å². The third-order valence-electron chi connectivity index (χ3n) is 4.42. The summed E-state index contributed by atoms with van der Waals surface area (Å²) in [5, 5.41) is 4.45. The first-order chi connectivity index (χ1) is 13.0. The number of carbonyl (C=O) groups is 3. The summed E-state index contributed by atoms with van der Waals surface area (Å²) in [6.07, 6.45) is 1.34. The van der Waals surface area contributed by atoms with Crippen LogP contribution < -0.4 is 5.32 Å². The van der Waals surface area contributed by atoms with E-state index in [4.69, 9.17) is 0 Å². The third-order valence-corrected chi connectivity index (χ3v) is 5.27. The van der Waals surface area contributed by atoms with E-state index in [0.717, 1.165) is 6.42 Å². The standard InChI is InChI=1S/C19H20FN3O3S/c1-22(12-17(24)21-14-8-6-13(20)7-9-14)18(25)15-4-2-10-23(15)19(26)16-5-3-11-27-16/h3,5-9,11,15H,2,4,10,12H2,1H3,(H,21,24)/t15-/m0/s1. The van der Waals surface area contributed by atoms with Crippen LogP contribution in [0.1, 0.15) is 22.5 Å². The Morgan fingerprint density at radius 2 is 2.00 bits per heavy atom. The van der Waals surface area contributed by atoms with Crippen molar-refractivity contribution in [2.24, 2.45) is 0 Å². The molecule has 2 heterocycles. The van der Waals surface area contributed by atoms with Gasteiger partial charge in [0.25, 0.3) is 5.91 Å². The summed E-state index contributed by atoms with van der Waals surface area (Å²) in [4.78, 5) is 41.0. The molecule has 0 bridgehead atoms. The fourth-order valence-electron chi connectivity index (χ4n) is 3.09. The average Bonchev–Trinajstić information content (AvgIpc) is 3.34. The first kappa shape index (κ1) is 19.0. The van der Waals surface area contributed by atoms with Gasteiger partial charge in [-0.25, -0.2) is 4.39 Å². The molecule has 1 N–H and O–H groups in total. The van der Waals surface area contributed by atoms with Crippen molar-refractivity contribution < 1.29 is 18.8 Å². The molecule has 8 heteroatoms. The number of rotatable bonds is 5. The van der Waals surface area contributed by atoms with Crippen LogP contribution in [0.2, 0.25) is 0 Å². The highest BCUT2D eigenvalue weighted by molar-refractivity contribution is 7.12. The van der Waals surface area contributed by atoms with Gasteiger partial charge in [-0.15, -0.1) is 11.3 Å². The normalized spacial score (nSPS) is 16.2. The van der Waals surface area contributed by atoms with Crippen molar-refractivity contribution >= 4 is 34.7 Å². The third kappa shape index (κ3) is 4.51. The molecule has 0 radical (unpaired) electrons. The van der Waals surface area contributed by atoms with E-state index in [9.17, 15) is 18.8 Å². The second-order valence-corrected chi connectivity index (χ2v) is 7.33. The smallest absolute Gasteiger partial charge is 0.264 e. The number of carbonyl (C=O) groups excluding carboxylic acids is 3. The van der Waals surface area contributed by atoms with Crippen molar-refractivity contribution in [3.63, 3.8) is 0 Å². The Balaban J connectivity index is 1.59. The maximum Gasteiger partial charge on any atom is 0.264 e. The topological polar surface area (TPSA) is 69.7 Å². The lowest BCUT2D eigenvalue weighted by Crippen LogP contribution is -2.48. The number of amides is 3. The molecule has 142 valence electrons. The highest BCUT2D eigenvalue weighted by Gasteiger charge is 2.36. The highest BCUT2D eigenvalue weighted by Crippen LogP contribution is 2.23. The Bertz CT molecular complexity index is 823. The Hall–Kier alpha value is -2.74. The molecule has 0 spiro atoms. The molecule has 1 saturated heterocycles. The SMILES string of the molecule is CN(CC(=O)Nc1ccc(F)cc1)C(=O)[C@@H]1CCCN1C(=O)c1cccs1. The van der Waals surface area contributed by atoms with Crippen LogP contribution in [0.25, 0.3) is 0 Å². The van der Waals surface area contributed by atoms with E-state index < -0.39 is 11.9 Å². The van der Waals surface area contributed by atoms with E-state index in [1.807, 2.05) is 5.38 Å². The number of hydrogen-bond acceptors (Lipinski definition) is 4. The van der Waals surface area contributed by atoms with Gasteiger partial charge in [0.1, 0.15) is 11.9 Å². The van der Waals surface area contributed by atoms with Crippen LogP contribution in [0, 0.1) is 5.82 Å². The van der Waals surface area contributed by atoms with E-state index in [1.54, 1.807) is 24.1 Å². The largest absolute Gasteiger partial charge is 0.335 e. The minimum atomic E-state index is -0.553. The van der Waals surface area contributed by atoms with Crippen LogP contribution in [0.15, 0.2) is 41.8 Å². The maximum atomic E-state index is 12.9. The second kappa shape index (κ2) is 8.30. The summed E-state index contributed by atoms with van der Waals surface area (Å²) >= 11 is 1.35. The lowest BCUT2D eigenvalue weighted by molar-refractivity contribution is -0.136. The minimum Gasteiger partial charge on any atom is -0.335 e. The summed E-state index contributed by atoms with van der Waals surface area (Å²) in [7, 11) is 1.54. The van der Waals surface area contributed by atoms with Crippen molar-refractivity contribution in [3.05, 3.63) is 52.5 Å². The molecule has 1 fully saturated rings. The summed E-state index contributed by atoms with van der Waals surface area (Å²) in [5.74, 6) is -1.18. The Morgan fingerprint density at radius 3 is 2.67 bits per heavy atom. The van der Waals surface area contributed by atoms with Gasteiger partial charge in [0.15, 0.2) is 0 Å². The van der Waals surface area contributed by atoms with Crippen LogP contribution >= 0.6 is 11.3 Å². The summed E-state index contributed by atoms with van der Waals surface area (Å²) in [6, 6.07) is 8.39. The molecule has 1 aliphatic heterocycles. The van der Waals surface area contributed by atoms with Crippen LogP contribution in [0.4, 0.5) is 10.1 Å². The van der Waals surface area contributed by atoms with Gasteiger partial charge in [0, 0.05) is 19.3 Å². The highest BCUT2D eigenvalue weighted by atomic mass is 32.1. The van der Waals surface area contributed by atoms with Crippen LogP contribution in [0.3, 0.4) is 0 Å². The molecule has 3 amide bonds. The summed E-state index contributed by atoms with van der Waals surface area (Å²) < 4.78 is 12.9. The van der Waals surface area contributed by atoms with Gasteiger partial charge in [-0.1, -0.05) is 6.07 Å². The van der Waals surface area contributed by atoms with Gasteiger partial charge in [-0.3, -0.25) is 14.4 Å². The molecule has 2 aromatic rings. The molecule has 1 aromatic carbocycles. The number of nitrogens with zero attached hydrogens (tertiary/aromatic N) is 2. The molecule has 6 nitrogen and oxygen atoms in total. The number of likely N-dealkylation sites (N-methyl/N-ethyl adjacent to an activating group) is 1. The molecule has 0 saturated carbocycles. The van der Waals surface area contributed by atoms with Crippen molar-refractivity contribution in [2.45, 2.75) is 18.9 Å². The summed E-state index contributed by atoms with van der Waals surface area (Å²) in [6.45, 7) is 0.385. The predicted octanol–water partition coefficient (Wildman–Crippen LogP) is 2.59. The van der Waals surface area contributed by atoms with Gasteiger partial charge >= 0.3 is 0 Å². The van der Waals surface area contributed by atoms with Crippen molar-refractivity contribution in [2.75, 3.05) is 25.5 Å². The van der Waals surface area contributed by atoms with Gasteiger partial charge in [-0.05, 0) is 48.6 Å². The van der Waals surface area contributed by atoms with Crippen LogP contribution in [-0.4, -0.2) is 53.7 Å². The maximum absolute atomic E-state index is 12.9. The van der Waals surface area contributed by atoms with E-state index in [1.165, 1.54) is 40.5 Å². The number of halogens is 1. The van der Waals surface area contributed by atoms with Crippen LogP contribution in [-0.2, 0) is 9.59 Å².